The summed E-state index contributed by atoms with van der Waals surface area (Å²) in [6.07, 6.45) is 1.77. The zero-order chi connectivity index (χ0) is 15.8. The molecule has 2 N–H and O–H groups in total. The van der Waals surface area contributed by atoms with E-state index in [9.17, 15) is 4.79 Å². The molecule has 0 bridgehead atoms. The summed E-state index contributed by atoms with van der Waals surface area (Å²) in [6.45, 7) is 2.98. The van der Waals surface area contributed by atoms with E-state index in [-0.39, 0.29) is 18.3 Å². The summed E-state index contributed by atoms with van der Waals surface area (Å²) in [5, 5.41) is 10.6. The number of nitrogens with one attached hydrogen (secondary N) is 2. The smallest absolute Gasteiger partial charge is 0.275 e. The minimum atomic E-state index is 0. The molecule has 0 fully saturated rings. The summed E-state index contributed by atoms with van der Waals surface area (Å²) in [5.74, 6) is 0.846. The van der Waals surface area contributed by atoms with E-state index in [0.717, 1.165) is 48.5 Å². The third-order valence-electron chi connectivity index (χ3n) is 4.72. The van der Waals surface area contributed by atoms with Gasteiger partial charge in [-0.05, 0) is 29.7 Å². The normalized spacial score (nSPS) is 16.0. The lowest BCUT2D eigenvalue weighted by molar-refractivity contribution is 0.0727. The van der Waals surface area contributed by atoms with Crippen molar-refractivity contribution in [1.29, 1.82) is 0 Å². The van der Waals surface area contributed by atoms with Crippen molar-refractivity contribution < 1.29 is 9.53 Å². The number of methoxy groups -OCH3 is 1. The van der Waals surface area contributed by atoms with Crippen LogP contribution in [0.25, 0.3) is 0 Å². The second kappa shape index (κ2) is 6.83. The number of hydrogen-bond acceptors (Lipinski definition) is 4. The Hall–Kier alpha value is -2.05. The molecular formula is C17H21ClN4O2. The molecule has 2 aliphatic rings. The van der Waals surface area contributed by atoms with Crippen LogP contribution in [0.2, 0.25) is 0 Å². The van der Waals surface area contributed by atoms with Crippen molar-refractivity contribution >= 4 is 18.3 Å². The average molecular weight is 349 g/mol. The summed E-state index contributed by atoms with van der Waals surface area (Å²) in [5.41, 5.74) is 5.13. The number of carbonyl (C=O) groups excluding carboxylic acids is 1. The molecule has 3 heterocycles. The second-order valence-corrected chi connectivity index (χ2v) is 6.07. The predicted molar refractivity (Wildman–Crippen MR) is 92.7 cm³/mol. The number of halogens is 1. The van der Waals surface area contributed by atoms with E-state index >= 15 is 0 Å². The van der Waals surface area contributed by atoms with E-state index in [1.54, 1.807) is 7.11 Å². The Bertz CT molecular complexity index is 759. The number of benzene rings is 1. The molecule has 0 aliphatic carbocycles. The number of aromatic amines is 1. The third-order valence-corrected chi connectivity index (χ3v) is 4.72. The molecule has 0 spiro atoms. The number of hydrogen-bond donors (Lipinski definition) is 2. The average Bonchev–Trinajstić information content (AvgIpc) is 3.04. The predicted octanol–water partition coefficient (Wildman–Crippen LogP) is 1.68. The minimum Gasteiger partial charge on any atom is -0.497 e. The van der Waals surface area contributed by atoms with E-state index in [1.165, 1.54) is 5.56 Å². The molecule has 2 aromatic rings. The Morgan fingerprint density at radius 1 is 1.29 bits per heavy atom. The van der Waals surface area contributed by atoms with Crippen LogP contribution in [0.4, 0.5) is 0 Å². The van der Waals surface area contributed by atoms with Crippen LogP contribution in [0.5, 0.6) is 5.75 Å². The van der Waals surface area contributed by atoms with Crippen LogP contribution in [0.3, 0.4) is 0 Å². The Morgan fingerprint density at radius 2 is 2.17 bits per heavy atom. The van der Waals surface area contributed by atoms with E-state index in [2.05, 4.69) is 21.6 Å². The zero-order valence-electron chi connectivity index (χ0n) is 13.6. The molecular weight excluding hydrogens is 328 g/mol. The molecule has 0 saturated carbocycles. The van der Waals surface area contributed by atoms with Gasteiger partial charge in [0.2, 0.25) is 0 Å². The number of amides is 1. The van der Waals surface area contributed by atoms with Crippen molar-refractivity contribution in [3.63, 3.8) is 0 Å². The monoisotopic (exact) mass is 348 g/mol. The fraction of sp³-hybridized carbons (Fsp3) is 0.412. The van der Waals surface area contributed by atoms with E-state index in [0.29, 0.717) is 18.8 Å². The maximum Gasteiger partial charge on any atom is 0.275 e. The number of fused-ring (bicyclic) bond motifs is 2. The quantitative estimate of drug-likeness (QED) is 0.866. The van der Waals surface area contributed by atoms with Gasteiger partial charge in [-0.1, -0.05) is 6.07 Å². The summed E-state index contributed by atoms with van der Waals surface area (Å²) in [4.78, 5) is 14.8. The molecule has 1 amide bonds. The maximum atomic E-state index is 12.9. The van der Waals surface area contributed by atoms with Gasteiger partial charge in [0, 0.05) is 43.9 Å². The van der Waals surface area contributed by atoms with Crippen LogP contribution < -0.4 is 10.1 Å². The highest BCUT2D eigenvalue weighted by atomic mass is 35.5. The highest BCUT2D eigenvalue weighted by Gasteiger charge is 2.28. The second-order valence-electron chi connectivity index (χ2n) is 6.07. The van der Waals surface area contributed by atoms with E-state index in [1.807, 2.05) is 17.0 Å². The fourth-order valence-corrected chi connectivity index (χ4v) is 3.39. The Morgan fingerprint density at radius 3 is 3.00 bits per heavy atom. The standard InChI is InChI=1S/C17H20N4O2.ClH/c1-23-13-3-2-11-5-7-21(10-12(11)8-13)17(22)16-14-9-18-6-4-15(14)19-20-16;/h2-3,8,18H,4-7,9-10H2,1H3,(H,19,20);1H. The topological polar surface area (TPSA) is 70.2 Å². The molecule has 128 valence electrons. The van der Waals surface area contributed by atoms with E-state index < -0.39 is 0 Å². The van der Waals surface area contributed by atoms with Crippen molar-refractivity contribution in [1.82, 2.24) is 20.4 Å². The van der Waals surface area contributed by atoms with Gasteiger partial charge in [0.1, 0.15) is 5.75 Å². The lowest BCUT2D eigenvalue weighted by Gasteiger charge is -2.29. The first-order chi connectivity index (χ1) is 11.3. The highest BCUT2D eigenvalue weighted by Crippen LogP contribution is 2.25. The lowest BCUT2D eigenvalue weighted by atomic mass is 9.98. The number of rotatable bonds is 2. The molecule has 4 rings (SSSR count). The Balaban J connectivity index is 0.00000169. The first kappa shape index (κ1) is 16.8. The molecule has 2 aliphatic heterocycles. The van der Waals surface area contributed by atoms with Crippen LogP contribution >= 0.6 is 12.4 Å². The van der Waals surface area contributed by atoms with Crippen molar-refractivity contribution in [2.45, 2.75) is 25.9 Å². The first-order valence-electron chi connectivity index (χ1n) is 7.98. The Kier molecular flexibility index (Phi) is 4.78. The summed E-state index contributed by atoms with van der Waals surface area (Å²) in [6, 6.07) is 6.10. The molecule has 7 heteroatoms. The van der Waals surface area contributed by atoms with Gasteiger partial charge < -0.3 is 15.0 Å². The summed E-state index contributed by atoms with van der Waals surface area (Å²) in [7, 11) is 1.66. The van der Waals surface area contributed by atoms with Crippen molar-refractivity contribution in [3.05, 3.63) is 46.3 Å². The number of carbonyl (C=O) groups is 1. The Labute approximate surface area is 147 Å². The SMILES string of the molecule is COc1ccc2c(c1)CN(C(=O)c1n[nH]c3c1CNCC3)CC2.Cl. The van der Waals surface area contributed by atoms with Crippen molar-refractivity contribution in [2.75, 3.05) is 20.2 Å². The molecule has 0 unspecified atom stereocenters. The van der Waals surface area contributed by atoms with Gasteiger partial charge in [0.15, 0.2) is 5.69 Å². The van der Waals surface area contributed by atoms with Crippen LogP contribution in [-0.2, 0) is 25.9 Å². The molecule has 0 radical (unpaired) electrons. The minimum absolute atomic E-state index is 0. The highest BCUT2D eigenvalue weighted by molar-refractivity contribution is 5.94. The third kappa shape index (κ3) is 2.87. The fourth-order valence-electron chi connectivity index (χ4n) is 3.39. The van der Waals surface area contributed by atoms with Crippen LogP contribution in [0, 0.1) is 0 Å². The molecule has 1 aromatic heterocycles. The largest absolute Gasteiger partial charge is 0.497 e. The number of aromatic nitrogens is 2. The van der Waals surface area contributed by atoms with Gasteiger partial charge in [-0.3, -0.25) is 9.89 Å². The van der Waals surface area contributed by atoms with Gasteiger partial charge in [-0.15, -0.1) is 12.4 Å². The van der Waals surface area contributed by atoms with Gasteiger partial charge in [-0.2, -0.15) is 5.10 Å². The van der Waals surface area contributed by atoms with Crippen LogP contribution in [-0.4, -0.2) is 41.2 Å². The van der Waals surface area contributed by atoms with Crippen LogP contribution in [0.15, 0.2) is 18.2 Å². The first-order valence-corrected chi connectivity index (χ1v) is 7.98. The molecule has 6 nitrogen and oxygen atoms in total. The molecule has 0 atom stereocenters. The molecule has 1 aromatic carbocycles. The molecule has 24 heavy (non-hydrogen) atoms. The molecule has 0 saturated heterocycles. The number of H-pyrrole nitrogens is 1. The maximum absolute atomic E-state index is 12.9. The number of ether oxygens (including phenoxy) is 1. The van der Waals surface area contributed by atoms with Crippen molar-refractivity contribution in [2.24, 2.45) is 0 Å². The van der Waals surface area contributed by atoms with Crippen LogP contribution in [0.1, 0.15) is 32.9 Å². The van der Waals surface area contributed by atoms with Gasteiger partial charge in [0.05, 0.1) is 7.11 Å². The van der Waals surface area contributed by atoms with Gasteiger partial charge >= 0.3 is 0 Å². The van der Waals surface area contributed by atoms with E-state index in [4.69, 9.17) is 4.74 Å². The lowest BCUT2D eigenvalue weighted by Crippen LogP contribution is -2.37. The summed E-state index contributed by atoms with van der Waals surface area (Å²) >= 11 is 0. The van der Waals surface area contributed by atoms with Gasteiger partial charge in [-0.25, -0.2) is 0 Å². The van der Waals surface area contributed by atoms with Crippen molar-refractivity contribution in [3.8, 4) is 5.75 Å². The van der Waals surface area contributed by atoms with Gasteiger partial charge in [0.25, 0.3) is 5.91 Å². The zero-order valence-corrected chi connectivity index (χ0v) is 14.4. The summed E-state index contributed by atoms with van der Waals surface area (Å²) < 4.78 is 5.29. The number of nitrogens with zero attached hydrogens (tertiary/aromatic N) is 2.